The second-order valence-electron chi connectivity index (χ2n) is 6.55. The van der Waals surface area contributed by atoms with Crippen LogP contribution in [0.5, 0.6) is 0 Å². The normalized spacial score (nSPS) is 10.8. The van der Waals surface area contributed by atoms with Crippen LogP contribution in [-0.2, 0) is 0 Å². The molecule has 0 aliphatic heterocycles. The van der Waals surface area contributed by atoms with Gasteiger partial charge >= 0.3 is 6.03 Å². The predicted molar refractivity (Wildman–Crippen MR) is 113 cm³/mol. The molecule has 0 unspecified atom stereocenters. The topological polar surface area (TPSA) is 56.9 Å². The fourth-order valence-electron chi connectivity index (χ4n) is 3.00. The van der Waals surface area contributed by atoms with Crippen LogP contribution in [0.3, 0.4) is 0 Å². The molecule has 140 valence electrons. The average molecular weight is 394 g/mol. The van der Waals surface area contributed by atoms with E-state index in [1.165, 1.54) is 12.1 Å². The van der Waals surface area contributed by atoms with Crippen LogP contribution in [0.25, 0.3) is 22.2 Å². The van der Waals surface area contributed by atoms with Gasteiger partial charge in [-0.3, -0.25) is 0 Å². The van der Waals surface area contributed by atoms with Crippen LogP contribution in [0, 0.1) is 12.7 Å². The monoisotopic (exact) mass is 393 g/mol. The van der Waals surface area contributed by atoms with E-state index in [-0.39, 0.29) is 11.8 Å². The maximum atomic E-state index is 13.4. The highest BCUT2D eigenvalue weighted by molar-refractivity contribution is 6.33. The summed E-state index contributed by atoms with van der Waals surface area (Å²) in [5.41, 5.74) is 4.89. The van der Waals surface area contributed by atoms with Crippen molar-refractivity contribution in [1.82, 2.24) is 4.98 Å². The number of hydrogen-bond donors (Lipinski definition) is 3. The lowest BCUT2D eigenvalue weighted by atomic mass is 10.1. The van der Waals surface area contributed by atoms with E-state index in [1.807, 2.05) is 31.2 Å². The van der Waals surface area contributed by atoms with E-state index < -0.39 is 0 Å². The summed E-state index contributed by atoms with van der Waals surface area (Å²) in [6.45, 7) is 1.93. The van der Waals surface area contributed by atoms with Crippen molar-refractivity contribution in [3.63, 3.8) is 0 Å². The first kappa shape index (κ1) is 18.1. The van der Waals surface area contributed by atoms with Gasteiger partial charge in [-0.1, -0.05) is 29.8 Å². The smallest absolute Gasteiger partial charge is 0.323 e. The number of carbonyl (C=O) groups excluding carboxylic acids is 1. The molecule has 3 aromatic carbocycles. The van der Waals surface area contributed by atoms with Gasteiger partial charge in [0.2, 0.25) is 0 Å². The second kappa shape index (κ2) is 7.37. The summed E-state index contributed by atoms with van der Waals surface area (Å²) < 4.78 is 13.4. The summed E-state index contributed by atoms with van der Waals surface area (Å²) in [6.07, 6.45) is 0. The highest BCUT2D eigenvalue weighted by Gasteiger charge is 2.08. The van der Waals surface area contributed by atoms with Crippen molar-refractivity contribution in [2.45, 2.75) is 6.92 Å². The number of halogens is 2. The van der Waals surface area contributed by atoms with Gasteiger partial charge in [0.15, 0.2) is 0 Å². The minimum absolute atomic E-state index is 0.266. The van der Waals surface area contributed by atoms with Crippen LogP contribution in [0.2, 0.25) is 5.02 Å². The number of urea groups is 1. The first-order valence-electron chi connectivity index (χ1n) is 8.71. The van der Waals surface area contributed by atoms with E-state index >= 15 is 0 Å². The van der Waals surface area contributed by atoms with Crippen molar-refractivity contribution in [2.75, 3.05) is 10.6 Å². The number of amides is 2. The first-order valence-corrected chi connectivity index (χ1v) is 9.08. The summed E-state index contributed by atoms with van der Waals surface area (Å²) in [5.74, 6) is -0.266. The third-order valence-electron chi connectivity index (χ3n) is 4.41. The van der Waals surface area contributed by atoms with E-state index in [0.717, 1.165) is 27.7 Å². The average Bonchev–Trinajstić information content (AvgIpc) is 3.08. The number of aryl methyl sites for hydroxylation is 1. The van der Waals surface area contributed by atoms with Crippen LogP contribution in [0.4, 0.5) is 20.6 Å². The summed E-state index contributed by atoms with van der Waals surface area (Å²) in [4.78, 5) is 15.5. The van der Waals surface area contributed by atoms with Gasteiger partial charge in [0.25, 0.3) is 0 Å². The van der Waals surface area contributed by atoms with Gasteiger partial charge in [0, 0.05) is 22.3 Å². The Balaban J connectivity index is 1.47. The third-order valence-corrected chi connectivity index (χ3v) is 4.72. The van der Waals surface area contributed by atoms with Gasteiger partial charge < -0.3 is 15.6 Å². The Labute approximate surface area is 166 Å². The molecule has 0 aliphatic carbocycles. The molecule has 28 heavy (non-hydrogen) atoms. The zero-order valence-corrected chi connectivity index (χ0v) is 15.8. The molecule has 4 nitrogen and oxygen atoms in total. The van der Waals surface area contributed by atoms with Gasteiger partial charge in [-0.15, -0.1) is 0 Å². The Morgan fingerprint density at radius 3 is 2.50 bits per heavy atom. The molecule has 1 aromatic heterocycles. The molecular formula is C22H17ClFN3O. The number of aromatic amines is 1. The fourth-order valence-corrected chi connectivity index (χ4v) is 3.28. The second-order valence-corrected chi connectivity index (χ2v) is 6.96. The lowest BCUT2D eigenvalue weighted by molar-refractivity contribution is 0.262. The van der Waals surface area contributed by atoms with Gasteiger partial charge in [-0.25, -0.2) is 9.18 Å². The number of rotatable bonds is 3. The van der Waals surface area contributed by atoms with Crippen LogP contribution < -0.4 is 10.6 Å². The molecule has 0 bridgehead atoms. The van der Waals surface area contributed by atoms with Gasteiger partial charge in [-0.2, -0.15) is 0 Å². The number of H-pyrrole nitrogens is 1. The number of carbonyl (C=O) groups is 1. The molecule has 0 saturated carbocycles. The number of aromatic nitrogens is 1. The molecule has 6 heteroatoms. The molecule has 0 fully saturated rings. The Hall–Kier alpha value is -3.31. The van der Waals surface area contributed by atoms with Crippen molar-refractivity contribution in [3.8, 4) is 11.3 Å². The van der Waals surface area contributed by atoms with E-state index in [4.69, 9.17) is 11.6 Å². The molecule has 0 spiro atoms. The van der Waals surface area contributed by atoms with Gasteiger partial charge in [0.05, 0.1) is 10.7 Å². The highest BCUT2D eigenvalue weighted by Crippen LogP contribution is 2.26. The zero-order chi connectivity index (χ0) is 19.7. The minimum Gasteiger partial charge on any atom is -0.355 e. The molecule has 0 aliphatic rings. The number of hydrogen-bond acceptors (Lipinski definition) is 1. The largest absolute Gasteiger partial charge is 0.355 e. The fraction of sp³-hybridized carbons (Fsp3) is 0.0455. The van der Waals surface area contributed by atoms with Crippen molar-refractivity contribution in [1.29, 1.82) is 0 Å². The summed E-state index contributed by atoms with van der Waals surface area (Å²) in [5, 5.41) is 6.81. The summed E-state index contributed by atoms with van der Waals surface area (Å²) in [6, 6.07) is 19.0. The third kappa shape index (κ3) is 3.85. The SMILES string of the molecule is Cc1ccc(NC(=O)Nc2ccc(-c3cc4cc(F)ccc4[nH]3)cc2)c(Cl)c1. The molecule has 1 heterocycles. The van der Waals surface area contributed by atoms with Crippen molar-refractivity contribution in [3.05, 3.63) is 83.1 Å². The zero-order valence-electron chi connectivity index (χ0n) is 15.0. The van der Waals surface area contributed by atoms with Crippen LogP contribution in [0.15, 0.2) is 66.7 Å². The molecule has 3 N–H and O–H groups in total. The maximum Gasteiger partial charge on any atom is 0.323 e. The van der Waals surface area contributed by atoms with Gasteiger partial charge in [-0.05, 0) is 66.6 Å². The Morgan fingerprint density at radius 1 is 0.964 bits per heavy atom. The minimum atomic E-state index is -0.375. The Morgan fingerprint density at radius 2 is 1.75 bits per heavy atom. The van der Waals surface area contributed by atoms with Gasteiger partial charge in [0.1, 0.15) is 5.82 Å². The Kier molecular flexibility index (Phi) is 4.75. The molecule has 4 rings (SSSR count). The number of anilines is 2. The lowest BCUT2D eigenvalue weighted by Crippen LogP contribution is -2.19. The number of benzene rings is 3. The molecular weight excluding hydrogens is 377 g/mol. The van der Waals surface area contributed by atoms with Crippen molar-refractivity contribution < 1.29 is 9.18 Å². The molecule has 4 aromatic rings. The molecule has 0 atom stereocenters. The number of nitrogens with one attached hydrogen (secondary N) is 3. The molecule has 0 radical (unpaired) electrons. The quantitative estimate of drug-likeness (QED) is 0.361. The Bertz CT molecular complexity index is 1170. The standard InChI is InChI=1S/C22H17ClFN3O/c1-13-2-8-20(18(23)10-13)27-22(28)25-17-6-3-14(4-7-17)21-12-15-11-16(24)5-9-19(15)26-21/h2-12,26H,1H3,(H2,25,27,28). The van der Waals surface area contributed by atoms with Crippen LogP contribution in [-0.4, -0.2) is 11.0 Å². The molecule has 0 saturated heterocycles. The van der Waals surface area contributed by atoms with Crippen molar-refractivity contribution in [2.24, 2.45) is 0 Å². The van der Waals surface area contributed by atoms with Crippen LogP contribution >= 0.6 is 11.6 Å². The predicted octanol–water partition coefficient (Wildman–Crippen LogP) is 6.58. The lowest BCUT2D eigenvalue weighted by Gasteiger charge is -2.10. The van der Waals surface area contributed by atoms with Crippen LogP contribution in [0.1, 0.15) is 5.56 Å². The number of fused-ring (bicyclic) bond motifs is 1. The highest BCUT2D eigenvalue weighted by atomic mass is 35.5. The van der Waals surface area contributed by atoms with Crippen molar-refractivity contribution >= 4 is 39.9 Å². The summed E-state index contributed by atoms with van der Waals surface area (Å²) in [7, 11) is 0. The van der Waals surface area contributed by atoms with E-state index in [0.29, 0.717) is 16.4 Å². The van der Waals surface area contributed by atoms with E-state index in [1.54, 1.807) is 30.3 Å². The maximum absolute atomic E-state index is 13.4. The first-order chi connectivity index (χ1) is 13.5. The van der Waals surface area contributed by atoms with E-state index in [2.05, 4.69) is 15.6 Å². The summed E-state index contributed by atoms with van der Waals surface area (Å²) >= 11 is 6.14. The molecule has 2 amide bonds. The van der Waals surface area contributed by atoms with E-state index in [9.17, 15) is 9.18 Å².